The molecule has 0 bridgehead atoms. The minimum atomic E-state index is -4.61. The number of hydrogen-bond donors (Lipinski definition) is 1. The maximum absolute atomic E-state index is 12.4. The van der Waals surface area contributed by atoms with Gasteiger partial charge in [-0.1, -0.05) is 69.8 Å². The number of aliphatic hydroxyl groups excluding tert-OH is 1. The maximum Gasteiger partial charge on any atom is 0.419 e. The Balaban J connectivity index is 0.000000510. The summed E-state index contributed by atoms with van der Waals surface area (Å²) in [5.74, 6) is 3.88. The first-order chi connectivity index (χ1) is 13.9. The summed E-state index contributed by atoms with van der Waals surface area (Å²) < 4.78 is 41.9. The Kier molecular flexibility index (Phi) is 12.9. The summed E-state index contributed by atoms with van der Waals surface area (Å²) in [6.07, 6.45) is 4.82. The monoisotopic (exact) mass is 520 g/mol. The fourth-order valence-corrected chi connectivity index (χ4v) is 2.37. The largest absolute Gasteiger partial charge is 0.463 e. The van der Waals surface area contributed by atoms with Crippen molar-refractivity contribution in [2.75, 3.05) is 13.2 Å². The summed E-state index contributed by atoms with van der Waals surface area (Å²) in [7, 11) is 0. The lowest BCUT2D eigenvalue weighted by molar-refractivity contribution is -0.137. The molecule has 2 rings (SSSR count). The summed E-state index contributed by atoms with van der Waals surface area (Å²) in [5, 5.41) is 7.69. The molecule has 0 fully saturated rings. The molecular formula is C18H12Cl5F3N2O2. The average Bonchev–Trinajstić information content (AvgIpc) is 2.66. The lowest BCUT2D eigenvalue weighted by atomic mass is 10.3. The van der Waals surface area contributed by atoms with E-state index in [1.54, 1.807) is 6.07 Å². The van der Waals surface area contributed by atoms with Crippen LogP contribution in [-0.2, 0) is 6.18 Å². The van der Waals surface area contributed by atoms with Gasteiger partial charge in [0.25, 0.3) is 0 Å². The van der Waals surface area contributed by atoms with E-state index in [2.05, 4.69) is 22.3 Å². The van der Waals surface area contributed by atoms with Crippen LogP contribution in [0.3, 0.4) is 0 Å². The van der Waals surface area contributed by atoms with Crippen LogP contribution in [-0.4, -0.2) is 28.3 Å². The second-order valence-corrected chi connectivity index (χ2v) is 6.72. The second kappa shape index (κ2) is 13.7. The van der Waals surface area contributed by atoms with E-state index in [9.17, 15) is 13.2 Å². The molecule has 0 saturated carbocycles. The first-order valence-corrected chi connectivity index (χ1v) is 9.29. The predicted molar refractivity (Wildman–Crippen MR) is 114 cm³/mol. The molecule has 0 atom stereocenters. The van der Waals surface area contributed by atoms with Gasteiger partial charge >= 0.3 is 6.18 Å². The van der Waals surface area contributed by atoms with Crippen LogP contribution in [0.5, 0.6) is 5.88 Å². The summed E-state index contributed by atoms with van der Waals surface area (Å²) in [4.78, 5) is 7.14. The SMILES string of the molecule is C#CCO.C#CCOc1nc(Cl)c(C(F)(F)F)cc1Cl.Cc1cc(Cl)c(Cl)nc1Cl. The van der Waals surface area contributed by atoms with Crippen molar-refractivity contribution in [3.63, 3.8) is 0 Å². The zero-order chi connectivity index (χ0) is 23.5. The van der Waals surface area contributed by atoms with Crippen molar-refractivity contribution in [1.82, 2.24) is 9.97 Å². The smallest absolute Gasteiger partial charge is 0.419 e. The lowest BCUT2D eigenvalue weighted by Gasteiger charge is -2.10. The van der Waals surface area contributed by atoms with Gasteiger partial charge in [-0.2, -0.15) is 18.2 Å². The van der Waals surface area contributed by atoms with E-state index in [0.29, 0.717) is 16.2 Å². The Morgan fingerprint density at radius 3 is 1.97 bits per heavy atom. The van der Waals surface area contributed by atoms with Gasteiger partial charge in [-0.3, -0.25) is 0 Å². The number of rotatable bonds is 2. The molecule has 12 heteroatoms. The highest BCUT2D eigenvalue weighted by atomic mass is 35.5. The van der Waals surface area contributed by atoms with Gasteiger partial charge in [0.05, 0.1) is 10.6 Å². The quantitative estimate of drug-likeness (QED) is 0.367. The van der Waals surface area contributed by atoms with Gasteiger partial charge in [0, 0.05) is 0 Å². The number of pyridine rings is 2. The van der Waals surface area contributed by atoms with E-state index in [4.69, 9.17) is 74.3 Å². The van der Waals surface area contributed by atoms with Crippen molar-refractivity contribution in [2.24, 2.45) is 0 Å². The van der Waals surface area contributed by atoms with Gasteiger partial charge in [-0.25, -0.2) is 4.98 Å². The number of terminal acetylenes is 2. The highest BCUT2D eigenvalue weighted by Crippen LogP contribution is 2.37. The van der Waals surface area contributed by atoms with Crippen LogP contribution in [0.25, 0.3) is 0 Å². The Bertz CT molecular complexity index is 891. The van der Waals surface area contributed by atoms with Crippen LogP contribution in [0.1, 0.15) is 11.1 Å². The van der Waals surface area contributed by atoms with E-state index in [-0.39, 0.29) is 29.3 Å². The number of aliphatic hydroxyl groups is 1. The maximum atomic E-state index is 12.4. The third-order valence-electron chi connectivity index (χ3n) is 2.65. The minimum absolute atomic E-state index is 0.153. The zero-order valence-corrected chi connectivity index (χ0v) is 18.8. The molecule has 0 aromatic carbocycles. The van der Waals surface area contributed by atoms with Crippen LogP contribution in [0.2, 0.25) is 25.5 Å². The Morgan fingerprint density at radius 1 is 0.967 bits per heavy atom. The topological polar surface area (TPSA) is 55.2 Å². The zero-order valence-electron chi connectivity index (χ0n) is 15.0. The molecule has 1 N–H and O–H groups in total. The number of aromatic nitrogens is 2. The molecule has 162 valence electrons. The van der Waals surface area contributed by atoms with Crippen molar-refractivity contribution in [3.8, 4) is 30.6 Å². The first-order valence-electron chi connectivity index (χ1n) is 7.40. The van der Waals surface area contributed by atoms with Gasteiger partial charge in [-0.05, 0) is 24.6 Å². The molecule has 0 radical (unpaired) electrons. The highest BCUT2D eigenvalue weighted by Gasteiger charge is 2.35. The fourth-order valence-electron chi connectivity index (χ4n) is 1.40. The molecule has 0 aliphatic carbocycles. The number of halogens is 8. The van der Waals surface area contributed by atoms with E-state index < -0.39 is 16.9 Å². The number of ether oxygens (including phenoxy) is 1. The van der Waals surface area contributed by atoms with Crippen molar-refractivity contribution in [1.29, 1.82) is 0 Å². The van der Waals surface area contributed by atoms with Gasteiger partial charge in [-0.15, -0.1) is 12.8 Å². The molecule has 0 spiro atoms. The summed E-state index contributed by atoms with van der Waals surface area (Å²) in [5.41, 5.74) is -0.289. The van der Waals surface area contributed by atoms with Crippen molar-refractivity contribution in [3.05, 3.63) is 48.8 Å². The molecule has 4 nitrogen and oxygen atoms in total. The number of aryl methyl sites for hydroxylation is 1. The molecule has 0 aliphatic heterocycles. The van der Waals surface area contributed by atoms with E-state index in [1.807, 2.05) is 12.8 Å². The third kappa shape index (κ3) is 9.95. The van der Waals surface area contributed by atoms with Gasteiger partial charge in [0.1, 0.15) is 27.1 Å². The number of alkyl halides is 3. The second-order valence-electron chi connectivity index (χ2n) is 4.84. The molecule has 30 heavy (non-hydrogen) atoms. The van der Waals surface area contributed by atoms with E-state index in [1.165, 1.54) is 0 Å². The van der Waals surface area contributed by atoms with Crippen LogP contribution in [0, 0.1) is 31.6 Å². The van der Waals surface area contributed by atoms with Crippen LogP contribution in [0.4, 0.5) is 13.2 Å². The molecule has 0 saturated heterocycles. The molecule has 0 unspecified atom stereocenters. The fraction of sp³-hybridized carbons (Fsp3) is 0.222. The molecule has 2 aromatic heterocycles. The first kappa shape index (κ1) is 28.4. The summed E-state index contributed by atoms with van der Waals surface area (Å²) in [6.45, 7) is 1.51. The van der Waals surface area contributed by atoms with Crippen LogP contribution >= 0.6 is 58.0 Å². The number of hydrogen-bond acceptors (Lipinski definition) is 4. The summed E-state index contributed by atoms with van der Waals surface area (Å²) >= 11 is 27.7. The lowest BCUT2D eigenvalue weighted by Crippen LogP contribution is -2.08. The van der Waals surface area contributed by atoms with Crippen molar-refractivity contribution < 1.29 is 23.0 Å². The Hall–Kier alpha value is -1.58. The summed E-state index contributed by atoms with van der Waals surface area (Å²) in [6, 6.07) is 2.32. The third-order valence-corrected chi connectivity index (χ3v) is 4.26. The number of nitrogens with zero attached hydrogens (tertiary/aromatic N) is 2. The van der Waals surface area contributed by atoms with Gasteiger partial charge in [0.15, 0.2) is 6.61 Å². The normalized spacial score (nSPS) is 9.87. The molecule has 2 aromatic rings. The van der Waals surface area contributed by atoms with Crippen molar-refractivity contribution >= 4 is 58.0 Å². The van der Waals surface area contributed by atoms with Gasteiger partial charge in [0.2, 0.25) is 5.88 Å². The standard InChI is InChI=1S/C9H4Cl2F3NO.C6H4Cl3N.C3H4O/c1-2-3-16-8-6(10)4-5(7(11)15-8)9(12,13)14;1-3-2-4(7)6(9)10-5(3)8;1-2-3-4/h1,4H,3H2;2H,1H3;1,4H,3H2. The van der Waals surface area contributed by atoms with Crippen LogP contribution < -0.4 is 4.74 Å². The Morgan fingerprint density at radius 2 is 1.53 bits per heavy atom. The van der Waals surface area contributed by atoms with Crippen LogP contribution in [0.15, 0.2) is 12.1 Å². The predicted octanol–water partition coefficient (Wildman–Crippen LogP) is 6.38. The molecule has 0 amide bonds. The average molecular weight is 523 g/mol. The van der Waals surface area contributed by atoms with Gasteiger partial charge < -0.3 is 9.84 Å². The highest BCUT2D eigenvalue weighted by molar-refractivity contribution is 6.42. The molecule has 0 aliphatic rings. The Labute approximate surface area is 196 Å². The molecule has 2 heterocycles. The van der Waals surface area contributed by atoms with E-state index >= 15 is 0 Å². The van der Waals surface area contributed by atoms with Crippen molar-refractivity contribution in [2.45, 2.75) is 13.1 Å². The van der Waals surface area contributed by atoms with E-state index in [0.717, 1.165) is 5.56 Å². The minimum Gasteiger partial charge on any atom is -0.463 e. The molecular weight excluding hydrogens is 510 g/mol.